The van der Waals surface area contributed by atoms with E-state index >= 15 is 0 Å². The van der Waals surface area contributed by atoms with E-state index in [-0.39, 0.29) is 12.8 Å². The predicted octanol–water partition coefficient (Wildman–Crippen LogP) is 1.77. The van der Waals surface area contributed by atoms with Gasteiger partial charge in [0.25, 0.3) is 0 Å². The van der Waals surface area contributed by atoms with Crippen molar-refractivity contribution in [2.24, 2.45) is 0 Å². The molecular formula is C14H14F2N2O3. The second kappa shape index (κ2) is 7.94. The second-order valence-corrected chi connectivity index (χ2v) is 4.39. The molecule has 112 valence electrons. The molecule has 1 aromatic rings. The Morgan fingerprint density at radius 2 is 1.95 bits per heavy atom. The van der Waals surface area contributed by atoms with E-state index in [9.17, 15) is 18.4 Å². The van der Waals surface area contributed by atoms with Crippen molar-refractivity contribution < 1.29 is 23.5 Å². The van der Waals surface area contributed by atoms with E-state index in [2.05, 4.69) is 5.32 Å². The summed E-state index contributed by atoms with van der Waals surface area (Å²) in [6.07, 6.45) is -0.0294. The predicted molar refractivity (Wildman–Crippen MR) is 69.1 cm³/mol. The van der Waals surface area contributed by atoms with Gasteiger partial charge in [0.15, 0.2) is 0 Å². The van der Waals surface area contributed by atoms with Crippen molar-refractivity contribution in [2.75, 3.05) is 0 Å². The first kappa shape index (κ1) is 16.6. The first-order chi connectivity index (χ1) is 9.95. The van der Waals surface area contributed by atoms with Crippen LogP contribution in [0.5, 0.6) is 0 Å². The summed E-state index contributed by atoms with van der Waals surface area (Å²) < 4.78 is 26.8. The van der Waals surface area contributed by atoms with Crippen molar-refractivity contribution in [2.45, 2.75) is 31.7 Å². The smallest absolute Gasteiger partial charge is 0.326 e. The van der Waals surface area contributed by atoms with Crippen LogP contribution in [0.25, 0.3) is 0 Å². The van der Waals surface area contributed by atoms with E-state index in [1.807, 2.05) is 6.07 Å². The molecule has 5 nitrogen and oxygen atoms in total. The minimum absolute atomic E-state index is 0.0778. The summed E-state index contributed by atoms with van der Waals surface area (Å²) in [5.74, 6) is -3.76. The third-order valence-corrected chi connectivity index (χ3v) is 2.81. The van der Waals surface area contributed by atoms with E-state index in [1.165, 1.54) is 6.07 Å². The Labute approximate surface area is 120 Å². The molecule has 0 unspecified atom stereocenters. The zero-order chi connectivity index (χ0) is 15.8. The second-order valence-electron chi connectivity index (χ2n) is 4.39. The lowest BCUT2D eigenvalue weighted by atomic mass is 10.1. The largest absolute Gasteiger partial charge is 0.480 e. The van der Waals surface area contributed by atoms with E-state index in [1.54, 1.807) is 0 Å². The van der Waals surface area contributed by atoms with Gasteiger partial charge in [-0.2, -0.15) is 5.26 Å². The summed E-state index contributed by atoms with van der Waals surface area (Å²) in [5, 5.41) is 19.5. The molecule has 0 fully saturated rings. The number of nitriles is 1. The van der Waals surface area contributed by atoms with Gasteiger partial charge in [0, 0.05) is 12.0 Å². The average molecular weight is 296 g/mol. The molecule has 0 aliphatic rings. The number of benzene rings is 1. The highest BCUT2D eigenvalue weighted by Gasteiger charge is 2.21. The summed E-state index contributed by atoms with van der Waals surface area (Å²) in [4.78, 5) is 22.7. The Morgan fingerprint density at radius 1 is 1.33 bits per heavy atom. The fourth-order valence-corrected chi connectivity index (χ4v) is 1.75. The Bertz CT molecular complexity index is 550. The van der Waals surface area contributed by atoms with Gasteiger partial charge in [0.2, 0.25) is 5.91 Å². The Kier molecular flexibility index (Phi) is 6.27. The van der Waals surface area contributed by atoms with Crippen LogP contribution in [-0.4, -0.2) is 23.0 Å². The molecule has 1 atom stereocenters. The SMILES string of the molecule is N#CCCC[C@H](NC(=O)Cc1c(F)cccc1F)C(=O)O. The first-order valence-corrected chi connectivity index (χ1v) is 6.27. The highest BCUT2D eigenvalue weighted by atomic mass is 19.1. The van der Waals surface area contributed by atoms with Gasteiger partial charge in [0.05, 0.1) is 12.5 Å². The van der Waals surface area contributed by atoms with Gasteiger partial charge in [-0.15, -0.1) is 0 Å². The number of carbonyl (C=O) groups is 2. The lowest BCUT2D eigenvalue weighted by Gasteiger charge is -2.14. The molecule has 1 rings (SSSR count). The van der Waals surface area contributed by atoms with Crippen LogP contribution in [-0.2, 0) is 16.0 Å². The highest BCUT2D eigenvalue weighted by Crippen LogP contribution is 2.13. The molecule has 1 amide bonds. The molecule has 1 aromatic carbocycles. The third-order valence-electron chi connectivity index (χ3n) is 2.81. The van der Waals surface area contributed by atoms with Crippen molar-refractivity contribution in [1.29, 1.82) is 5.26 Å². The van der Waals surface area contributed by atoms with Crippen LogP contribution in [0.4, 0.5) is 8.78 Å². The molecule has 2 N–H and O–H groups in total. The number of hydrogen-bond donors (Lipinski definition) is 2. The van der Waals surface area contributed by atoms with Crippen molar-refractivity contribution in [3.63, 3.8) is 0 Å². The normalized spacial score (nSPS) is 11.5. The molecule has 0 spiro atoms. The maximum absolute atomic E-state index is 13.4. The third kappa shape index (κ3) is 5.18. The summed E-state index contributed by atoms with van der Waals surface area (Å²) in [6.45, 7) is 0. The number of rotatable bonds is 7. The van der Waals surface area contributed by atoms with E-state index in [0.29, 0.717) is 6.42 Å². The van der Waals surface area contributed by atoms with Crippen LogP contribution in [0.1, 0.15) is 24.8 Å². The van der Waals surface area contributed by atoms with Gasteiger partial charge in [-0.25, -0.2) is 13.6 Å². The van der Waals surface area contributed by atoms with Crippen LogP contribution in [0, 0.1) is 23.0 Å². The lowest BCUT2D eigenvalue weighted by Crippen LogP contribution is -2.41. The number of carboxylic acid groups (broad SMARTS) is 1. The zero-order valence-electron chi connectivity index (χ0n) is 11.1. The van der Waals surface area contributed by atoms with Crippen molar-refractivity contribution >= 4 is 11.9 Å². The molecule has 0 aromatic heterocycles. The maximum atomic E-state index is 13.4. The molecule has 0 bridgehead atoms. The van der Waals surface area contributed by atoms with Crippen molar-refractivity contribution in [3.05, 3.63) is 35.4 Å². The molecule has 0 aliphatic carbocycles. The minimum atomic E-state index is -1.25. The van der Waals surface area contributed by atoms with E-state index in [4.69, 9.17) is 10.4 Å². The molecule has 0 saturated carbocycles. The van der Waals surface area contributed by atoms with Crippen LogP contribution in [0.15, 0.2) is 18.2 Å². The molecule has 0 saturated heterocycles. The number of amides is 1. The minimum Gasteiger partial charge on any atom is -0.480 e. The molecular weight excluding hydrogens is 282 g/mol. The van der Waals surface area contributed by atoms with Crippen molar-refractivity contribution in [3.8, 4) is 6.07 Å². The fourth-order valence-electron chi connectivity index (χ4n) is 1.75. The maximum Gasteiger partial charge on any atom is 0.326 e. The van der Waals surface area contributed by atoms with Gasteiger partial charge in [-0.1, -0.05) is 6.07 Å². The molecule has 0 aliphatic heterocycles. The first-order valence-electron chi connectivity index (χ1n) is 6.27. The number of nitrogens with zero attached hydrogens (tertiary/aromatic N) is 1. The molecule has 0 heterocycles. The van der Waals surface area contributed by atoms with Gasteiger partial charge in [-0.3, -0.25) is 4.79 Å². The lowest BCUT2D eigenvalue weighted by molar-refractivity contribution is -0.142. The van der Waals surface area contributed by atoms with E-state index in [0.717, 1.165) is 12.1 Å². The number of unbranched alkanes of at least 4 members (excludes halogenated alkanes) is 1. The summed E-state index contributed by atoms with van der Waals surface area (Å²) in [7, 11) is 0. The Balaban J connectivity index is 2.66. The average Bonchev–Trinajstić information content (AvgIpc) is 2.42. The van der Waals surface area contributed by atoms with Gasteiger partial charge >= 0.3 is 5.97 Å². The highest BCUT2D eigenvalue weighted by molar-refractivity contribution is 5.84. The Hall–Kier alpha value is -2.49. The van der Waals surface area contributed by atoms with Gasteiger partial charge in [-0.05, 0) is 25.0 Å². The standard InChI is InChI=1S/C14H14F2N2O3/c15-10-4-3-5-11(16)9(10)8-13(19)18-12(14(20)21)6-1-2-7-17/h3-5,12H,1-2,6,8H2,(H,18,19)(H,20,21)/t12-/m0/s1. The zero-order valence-corrected chi connectivity index (χ0v) is 11.1. The monoisotopic (exact) mass is 296 g/mol. The number of carboxylic acids is 1. The quantitative estimate of drug-likeness (QED) is 0.750. The molecule has 7 heteroatoms. The van der Waals surface area contributed by atoms with E-state index < -0.39 is 41.5 Å². The summed E-state index contributed by atoms with van der Waals surface area (Å²) >= 11 is 0. The Morgan fingerprint density at radius 3 is 2.48 bits per heavy atom. The number of aliphatic carboxylic acids is 1. The molecule has 21 heavy (non-hydrogen) atoms. The fraction of sp³-hybridized carbons (Fsp3) is 0.357. The van der Waals surface area contributed by atoms with Gasteiger partial charge < -0.3 is 10.4 Å². The molecule has 0 radical (unpaired) electrons. The van der Waals surface area contributed by atoms with Crippen LogP contribution >= 0.6 is 0 Å². The summed E-state index contributed by atoms with van der Waals surface area (Å²) in [6, 6.07) is 3.90. The topological polar surface area (TPSA) is 90.2 Å². The van der Waals surface area contributed by atoms with Crippen LogP contribution in [0.3, 0.4) is 0 Å². The number of hydrogen-bond acceptors (Lipinski definition) is 3. The van der Waals surface area contributed by atoms with Crippen LogP contribution < -0.4 is 5.32 Å². The van der Waals surface area contributed by atoms with Gasteiger partial charge in [0.1, 0.15) is 17.7 Å². The van der Waals surface area contributed by atoms with Crippen LogP contribution in [0.2, 0.25) is 0 Å². The number of carbonyl (C=O) groups excluding carboxylic acids is 1. The number of nitrogens with one attached hydrogen (secondary N) is 1. The summed E-state index contributed by atoms with van der Waals surface area (Å²) in [5.41, 5.74) is -0.406. The van der Waals surface area contributed by atoms with Crippen molar-refractivity contribution in [1.82, 2.24) is 5.32 Å². The number of halogens is 2.